The average molecular weight is 338 g/mol. The Hall–Kier alpha value is -0.380. The molecule has 4 atom stereocenters. The van der Waals surface area contributed by atoms with Gasteiger partial charge in [0.15, 0.2) is 0 Å². The zero-order chi connectivity index (χ0) is 14.3. The number of nitrogens with one attached hydrogen (secondary N) is 1. The molecule has 1 saturated carbocycles. The molecule has 3 rings (SSSR count). The smallest absolute Gasteiger partial charge is 0.0684 e. The molecule has 0 aromatic heterocycles. The van der Waals surface area contributed by atoms with E-state index in [0.29, 0.717) is 24.1 Å². The van der Waals surface area contributed by atoms with Gasteiger partial charge in [-0.15, -0.1) is 0 Å². The third-order valence-electron chi connectivity index (χ3n) is 5.13. The van der Waals surface area contributed by atoms with Crippen molar-refractivity contribution in [2.24, 2.45) is 11.3 Å². The van der Waals surface area contributed by atoms with Gasteiger partial charge in [0, 0.05) is 34.5 Å². The molecular formula is C17H24BrNO. The first-order chi connectivity index (χ1) is 9.50. The zero-order valence-corrected chi connectivity index (χ0v) is 14.1. The average Bonchev–Trinajstić information content (AvgIpc) is 2.45. The Labute approximate surface area is 130 Å². The standard InChI is InChI=1S/C17H24BrNO/c1-11(12-6-8-13(18)9-7-12)19-15-14-5-4-10-20-16(14)17(15,2)3/h6-9,11,14-16,19H,4-5,10H2,1-3H3/t11-,14?,15?,16?/m0/s1. The van der Waals surface area contributed by atoms with Crippen LogP contribution in [0, 0.1) is 11.3 Å². The van der Waals surface area contributed by atoms with Crippen molar-refractivity contribution in [1.82, 2.24) is 5.32 Å². The molecule has 1 saturated heterocycles. The summed E-state index contributed by atoms with van der Waals surface area (Å²) in [5.41, 5.74) is 1.60. The first-order valence-corrected chi connectivity index (χ1v) is 8.42. The van der Waals surface area contributed by atoms with Crippen LogP contribution in [0.1, 0.15) is 45.2 Å². The molecule has 1 heterocycles. The Bertz CT molecular complexity index is 470. The molecule has 1 aromatic carbocycles. The number of ether oxygens (including phenoxy) is 1. The highest BCUT2D eigenvalue weighted by molar-refractivity contribution is 9.10. The first kappa shape index (κ1) is 14.6. The van der Waals surface area contributed by atoms with E-state index < -0.39 is 0 Å². The van der Waals surface area contributed by atoms with Gasteiger partial charge in [0.25, 0.3) is 0 Å². The molecule has 3 heteroatoms. The van der Waals surface area contributed by atoms with Crippen molar-refractivity contribution in [1.29, 1.82) is 0 Å². The molecule has 1 aromatic rings. The van der Waals surface area contributed by atoms with Gasteiger partial charge < -0.3 is 10.1 Å². The molecule has 2 aliphatic rings. The number of benzene rings is 1. The van der Waals surface area contributed by atoms with Crippen molar-refractivity contribution in [3.63, 3.8) is 0 Å². The van der Waals surface area contributed by atoms with Crippen molar-refractivity contribution < 1.29 is 4.74 Å². The van der Waals surface area contributed by atoms with Crippen molar-refractivity contribution in [2.45, 2.75) is 51.8 Å². The maximum absolute atomic E-state index is 5.98. The lowest BCUT2D eigenvalue weighted by Crippen LogP contribution is -2.69. The molecule has 0 spiro atoms. The minimum absolute atomic E-state index is 0.245. The normalized spacial score (nSPS) is 33.1. The fraction of sp³-hybridized carbons (Fsp3) is 0.647. The van der Waals surface area contributed by atoms with Gasteiger partial charge in [0.05, 0.1) is 6.10 Å². The second-order valence-corrected chi connectivity index (χ2v) is 7.75. The molecule has 2 nitrogen and oxygen atoms in total. The van der Waals surface area contributed by atoms with Crippen molar-refractivity contribution in [3.05, 3.63) is 34.3 Å². The third kappa shape index (κ3) is 2.44. The van der Waals surface area contributed by atoms with Crippen LogP contribution in [0.5, 0.6) is 0 Å². The highest BCUT2D eigenvalue weighted by Crippen LogP contribution is 2.51. The Morgan fingerprint density at radius 2 is 2.00 bits per heavy atom. The Morgan fingerprint density at radius 3 is 2.70 bits per heavy atom. The first-order valence-electron chi connectivity index (χ1n) is 7.63. The van der Waals surface area contributed by atoms with Crippen molar-refractivity contribution in [2.75, 3.05) is 6.61 Å². The fourth-order valence-corrected chi connectivity index (χ4v) is 4.24. The Balaban J connectivity index is 1.69. The molecule has 0 bridgehead atoms. The lowest BCUT2D eigenvalue weighted by Gasteiger charge is -2.60. The fourth-order valence-electron chi connectivity index (χ4n) is 3.98. The number of fused-ring (bicyclic) bond motifs is 1. The summed E-state index contributed by atoms with van der Waals surface area (Å²) in [5, 5.41) is 3.85. The van der Waals surface area contributed by atoms with Gasteiger partial charge >= 0.3 is 0 Å². The molecule has 110 valence electrons. The van der Waals surface area contributed by atoms with E-state index in [1.807, 2.05) is 0 Å². The number of hydrogen-bond acceptors (Lipinski definition) is 2. The molecule has 0 amide bonds. The summed E-state index contributed by atoms with van der Waals surface area (Å²) >= 11 is 3.50. The number of rotatable bonds is 3. The van der Waals surface area contributed by atoms with E-state index in [2.05, 4.69) is 66.3 Å². The van der Waals surface area contributed by atoms with Crippen LogP contribution in [0.4, 0.5) is 0 Å². The molecule has 2 fully saturated rings. The van der Waals surface area contributed by atoms with Crippen LogP contribution < -0.4 is 5.32 Å². The van der Waals surface area contributed by atoms with Gasteiger partial charge in [-0.2, -0.15) is 0 Å². The predicted molar refractivity (Wildman–Crippen MR) is 85.7 cm³/mol. The SMILES string of the molecule is C[C@H](NC1C2CCCOC2C1(C)C)c1ccc(Br)cc1. The summed E-state index contributed by atoms with van der Waals surface area (Å²) in [4.78, 5) is 0. The van der Waals surface area contributed by atoms with E-state index >= 15 is 0 Å². The molecule has 3 unspecified atom stereocenters. The Kier molecular flexibility index (Phi) is 3.95. The highest BCUT2D eigenvalue weighted by atomic mass is 79.9. The van der Waals surface area contributed by atoms with Crippen LogP contribution in [0.15, 0.2) is 28.7 Å². The topological polar surface area (TPSA) is 21.3 Å². The lowest BCUT2D eigenvalue weighted by atomic mass is 9.55. The molecular weight excluding hydrogens is 314 g/mol. The molecule has 1 aliphatic carbocycles. The van der Waals surface area contributed by atoms with Crippen molar-refractivity contribution >= 4 is 15.9 Å². The quantitative estimate of drug-likeness (QED) is 0.887. The molecule has 20 heavy (non-hydrogen) atoms. The summed E-state index contributed by atoms with van der Waals surface area (Å²) in [6, 6.07) is 9.57. The van der Waals surface area contributed by atoms with Crippen LogP contribution in [-0.2, 0) is 4.74 Å². The maximum atomic E-state index is 5.98. The molecule has 1 N–H and O–H groups in total. The minimum atomic E-state index is 0.245. The van der Waals surface area contributed by atoms with Crippen LogP contribution in [-0.4, -0.2) is 18.8 Å². The molecule has 0 radical (unpaired) electrons. The summed E-state index contributed by atoms with van der Waals surface area (Å²) in [6.45, 7) is 7.88. The van der Waals surface area contributed by atoms with Gasteiger partial charge in [-0.25, -0.2) is 0 Å². The van der Waals surface area contributed by atoms with Gasteiger partial charge in [0.2, 0.25) is 0 Å². The monoisotopic (exact) mass is 337 g/mol. The van der Waals surface area contributed by atoms with E-state index in [1.54, 1.807) is 0 Å². The largest absolute Gasteiger partial charge is 0.377 e. The van der Waals surface area contributed by atoms with E-state index in [-0.39, 0.29) is 5.41 Å². The van der Waals surface area contributed by atoms with Crippen LogP contribution in [0.2, 0.25) is 0 Å². The van der Waals surface area contributed by atoms with Crippen LogP contribution >= 0.6 is 15.9 Å². The predicted octanol–water partition coefficient (Wildman–Crippen LogP) is 4.30. The summed E-state index contributed by atoms with van der Waals surface area (Å²) in [7, 11) is 0. The van der Waals surface area contributed by atoms with Gasteiger partial charge in [-0.1, -0.05) is 41.9 Å². The zero-order valence-electron chi connectivity index (χ0n) is 12.5. The van der Waals surface area contributed by atoms with E-state index in [9.17, 15) is 0 Å². The van der Waals surface area contributed by atoms with Gasteiger partial charge in [0.1, 0.15) is 0 Å². The van der Waals surface area contributed by atoms with Gasteiger partial charge in [-0.05, 0) is 37.5 Å². The minimum Gasteiger partial charge on any atom is -0.377 e. The third-order valence-corrected chi connectivity index (χ3v) is 5.66. The number of halogens is 1. The second-order valence-electron chi connectivity index (χ2n) is 6.84. The van der Waals surface area contributed by atoms with Crippen LogP contribution in [0.3, 0.4) is 0 Å². The van der Waals surface area contributed by atoms with Crippen LogP contribution in [0.25, 0.3) is 0 Å². The van der Waals surface area contributed by atoms with E-state index in [0.717, 1.165) is 11.1 Å². The van der Waals surface area contributed by atoms with Crippen molar-refractivity contribution in [3.8, 4) is 0 Å². The van der Waals surface area contributed by atoms with Gasteiger partial charge in [-0.3, -0.25) is 0 Å². The maximum Gasteiger partial charge on any atom is 0.0684 e. The summed E-state index contributed by atoms with van der Waals surface area (Å²) in [5.74, 6) is 0.691. The molecule has 1 aliphatic heterocycles. The van der Waals surface area contributed by atoms with E-state index in [4.69, 9.17) is 4.74 Å². The lowest BCUT2D eigenvalue weighted by molar-refractivity contribution is -0.194. The summed E-state index contributed by atoms with van der Waals surface area (Å²) in [6.07, 6.45) is 2.96. The number of hydrogen-bond donors (Lipinski definition) is 1. The highest BCUT2D eigenvalue weighted by Gasteiger charge is 2.57. The second kappa shape index (κ2) is 5.43. The summed E-state index contributed by atoms with van der Waals surface area (Å²) < 4.78 is 7.12. The Morgan fingerprint density at radius 1 is 1.30 bits per heavy atom. The van der Waals surface area contributed by atoms with E-state index in [1.165, 1.54) is 18.4 Å².